The van der Waals surface area contributed by atoms with E-state index in [0.29, 0.717) is 24.2 Å². The summed E-state index contributed by atoms with van der Waals surface area (Å²) in [7, 11) is 0. The predicted molar refractivity (Wildman–Crippen MR) is 136 cm³/mol. The van der Waals surface area contributed by atoms with E-state index in [1.807, 2.05) is 36.4 Å². The number of hydrogen-bond acceptors (Lipinski definition) is 6. The molecule has 4 rings (SSSR count). The van der Waals surface area contributed by atoms with Gasteiger partial charge in [-0.15, -0.1) is 0 Å². The highest BCUT2D eigenvalue weighted by Crippen LogP contribution is 2.41. The monoisotopic (exact) mass is 477 g/mol. The lowest BCUT2D eigenvalue weighted by Gasteiger charge is -2.37. The van der Waals surface area contributed by atoms with Crippen LogP contribution in [0.3, 0.4) is 0 Å². The summed E-state index contributed by atoms with van der Waals surface area (Å²) in [6, 6.07) is 11.4. The van der Waals surface area contributed by atoms with Crippen LogP contribution in [0, 0.1) is 23.2 Å². The van der Waals surface area contributed by atoms with Gasteiger partial charge in [0.25, 0.3) is 0 Å². The van der Waals surface area contributed by atoms with Gasteiger partial charge in [0, 0.05) is 12.3 Å². The minimum atomic E-state index is -0.410. The molecule has 186 valence electrons. The molecule has 6 heteroatoms. The van der Waals surface area contributed by atoms with Gasteiger partial charge in [0.1, 0.15) is 12.4 Å². The first kappa shape index (κ1) is 25.1. The zero-order valence-corrected chi connectivity index (χ0v) is 20.2. The SMILES string of the molecule is C=CC(=O)OCCOC1CCC(C2CCC(C(=O)Oc3ccc4c(C=N)cccc4c3)CC2)CC1. The van der Waals surface area contributed by atoms with E-state index in [1.54, 1.807) is 0 Å². The summed E-state index contributed by atoms with van der Waals surface area (Å²) < 4.78 is 16.6. The highest BCUT2D eigenvalue weighted by atomic mass is 16.6. The Labute approximate surface area is 207 Å². The third kappa shape index (κ3) is 6.57. The molecule has 0 aliphatic heterocycles. The molecule has 2 fully saturated rings. The molecule has 35 heavy (non-hydrogen) atoms. The van der Waals surface area contributed by atoms with Crippen molar-refractivity contribution >= 4 is 28.9 Å². The van der Waals surface area contributed by atoms with E-state index in [1.165, 1.54) is 6.21 Å². The Bertz CT molecular complexity index is 1050. The highest BCUT2D eigenvalue weighted by molar-refractivity contribution is 5.99. The van der Waals surface area contributed by atoms with Gasteiger partial charge in [-0.25, -0.2) is 4.79 Å². The van der Waals surface area contributed by atoms with Crippen molar-refractivity contribution < 1.29 is 23.8 Å². The molecule has 0 spiro atoms. The number of benzene rings is 2. The average molecular weight is 478 g/mol. The Balaban J connectivity index is 1.19. The number of esters is 2. The van der Waals surface area contributed by atoms with Crippen molar-refractivity contribution in [3.63, 3.8) is 0 Å². The molecular weight excluding hydrogens is 442 g/mol. The van der Waals surface area contributed by atoms with Crippen LogP contribution in [-0.4, -0.2) is 37.5 Å². The first-order valence-electron chi connectivity index (χ1n) is 12.7. The zero-order valence-electron chi connectivity index (χ0n) is 20.2. The second-order valence-electron chi connectivity index (χ2n) is 9.69. The smallest absolute Gasteiger partial charge is 0.330 e. The molecule has 2 aromatic rings. The topological polar surface area (TPSA) is 85.7 Å². The van der Waals surface area contributed by atoms with Crippen LogP contribution >= 0.6 is 0 Å². The summed E-state index contributed by atoms with van der Waals surface area (Å²) in [5, 5.41) is 9.50. The lowest BCUT2D eigenvalue weighted by Crippen LogP contribution is -2.31. The lowest BCUT2D eigenvalue weighted by molar-refractivity contribution is -0.141. The molecule has 0 bridgehead atoms. The molecule has 6 nitrogen and oxygen atoms in total. The maximum Gasteiger partial charge on any atom is 0.330 e. The van der Waals surface area contributed by atoms with E-state index in [9.17, 15) is 9.59 Å². The number of carbonyl (C=O) groups is 2. The first-order valence-corrected chi connectivity index (χ1v) is 12.7. The molecule has 0 atom stereocenters. The van der Waals surface area contributed by atoms with Crippen LogP contribution < -0.4 is 4.74 Å². The van der Waals surface area contributed by atoms with Crippen LogP contribution in [-0.2, 0) is 19.1 Å². The van der Waals surface area contributed by atoms with E-state index in [4.69, 9.17) is 19.6 Å². The minimum absolute atomic E-state index is 0.0344. The van der Waals surface area contributed by atoms with Crippen LogP contribution in [0.25, 0.3) is 10.8 Å². The van der Waals surface area contributed by atoms with E-state index in [-0.39, 0.29) is 24.6 Å². The summed E-state index contributed by atoms with van der Waals surface area (Å²) in [4.78, 5) is 23.9. The summed E-state index contributed by atoms with van der Waals surface area (Å²) in [5.74, 6) is 1.38. The fourth-order valence-corrected chi connectivity index (χ4v) is 5.64. The quantitative estimate of drug-likeness (QED) is 0.161. The van der Waals surface area contributed by atoms with Gasteiger partial charge in [-0.1, -0.05) is 30.8 Å². The van der Waals surface area contributed by atoms with Crippen molar-refractivity contribution in [2.24, 2.45) is 17.8 Å². The van der Waals surface area contributed by atoms with Gasteiger partial charge >= 0.3 is 11.9 Å². The summed E-state index contributed by atoms with van der Waals surface area (Å²) in [6.45, 7) is 4.09. The van der Waals surface area contributed by atoms with E-state index in [0.717, 1.165) is 73.8 Å². The average Bonchev–Trinajstić information content (AvgIpc) is 2.90. The van der Waals surface area contributed by atoms with E-state index < -0.39 is 5.97 Å². The van der Waals surface area contributed by atoms with Gasteiger partial charge in [-0.05, 0) is 91.7 Å². The summed E-state index contributed by atoms with van der Waals surface area (Å²) in [5.41, 5.74) is 0.855. The van der Waals surface area contributed by atoms with Gasteiger partial charge in [0.15, 0.2) is 0 Å². The van der Waals surface area contributed by atoms with Crippen LogP contribution in [0.5, 0.6) is 5.75 Å². The van der Waals surface area contributed by atoms with Crippen molar-refractivity contribution in [3.05, 3.63) is 54.6 Å². The standard InChI is InChI=1S/C29H35NO5/c1-2-28(31)34-17-16-33-25-12-10-21(11-13-25)20-6-8-22(9-7-20)29(32)35-26-14-15-27-23(18-26)4-3-5-24(27)19-30/h2-5,14-15,18-22,25,30H,1,6-13,16-17H2. The Kier molecular flexibility index (Phi) is 8.69. The van der Waals surface area contributed by atoms with E-state index in [2.05, 4.69) is 6.58 Å². The van der Waals surface area contributed by atoms with Crippen molar-refractivity contribution in [2.45, 2.75) is 57.5 Å². The van der Waals surface area contributed by atoms with Gasteiger partial charge in [-0.3, -0.25) is 4.79 Å². The number of rotatable bonds is 9. The van der Waals surface area contributed by atoms with Crippen molar-refractivity contribution in [1.82, 2.24) is 0 Å². The third-order valence-corrected chi connectivity index (χ3v) is 7.60. The molecule has 0 radical (unpaired) electrons. The fraction of sp³-hybridized carbons (Fsp3) is 0.483. The van der Waals surface area contributed by atoms with Crippen LogP contribution in [0.4, 0.5) is 0 Å². The van der Waals surface area contributed by atoms with Gasteiger partial charge < -0.3 is 19.6 Å². The molecule has 0 saturated heterocycles. The maximum absolute atomic E-state index is 12.8. The minimum Gasteiger partial charge on any atom is -0.460 e. The highest BCUT2D eigenvalue weighted by Gasteiger charge is 2.33. The van der Waals surface area contributed by atoms with Crippen molar-refractivity contribution in [2.75, 3.05) is 13.2 Å². The fourth-order valence-electron chi connectivity index (χ4n) is 5.64. The third-order valence-electron chi connectivity index (χ3n) is 7.60. The molecule has 0 unspecified atom stereocenters. The second kappa shape index (κ2) is 12.1. The molecule has 1 N–H and O–H groups in total. The molecular formula is C29H35NO5. The Morgan fingerprint density at radius 1 is 0.943 bits per heavy atom. The van der Waals surface area contributed by atoms with Gasteiger partial charge in [0.2, 0.25) is 0 Å². The molecule has 2 aromatic carbocycles. The molecule has 0 amide bonds. The second-order valence-corrected chi connectivity index (χ2v) is 9.69. The Morgan fingerprint density at radius 3 is 2.34 bits per heavy atom. The summed E-state index contributed by atoms with van der Waals surface area (Å²) in [6.07, 6.45) is 11.1. The largest absolute Gasteiger partial charge is 0.460 e. The zero-order chi connectivity index (χ0) is 24.6. The number of ether oxygens (including phenoxy) is 3. The number of nitrogens with one attached hydrogen (secondary N) is 1. The van der Waals surface area contributed by atoms with Crippen molar-refractivity contribution in [1.29, 1.82) is 5.41 Å². The normalized spacial score (nSPS) is 24.5. The van der Waals surface area contributed by atoms with E-state index >= 15 is 0 Å². The molecule has 0 heterocycles. The van der Waals surface area contributed by atoms with Crippen molar-refractivity contribution in [3.8, 4) is 5.75 Å². The van der Waals surface area contributed by atoms with Crippen LogP contribution in [0.2, 0.25) is 0 Å². The lowest BCUT2D eigenvalue weighted by atomic mass is 9.70. The van der Waals surface area contributed by atoms with Crippen LogP contribution in [0.1, 0.15) is 56.9 Å². The Hall–Kier alpha value is -2.99. The molecule has 2 saturated carbocycles. The predicted octanol–water partition coefficient (Wildman–Crippen LogP) is 5.85. The maximum atomic E-state index is 12.8. The number of carbonyl (C=O) groups excluding carboxylic acids is 2. The molecule has 0 aromatic heterocycles. The van der Waals surface area contributed by atoms with Gasteiger partial charge in [-0.2, -0.15) is 0 Å². The number of fused-ring (bicyclic) bond motifs is 1. The van der Waals surface area contributed by atoms with Gasteiger partial charge in [0.05, 0.1) is 18.6 Å². The summed E-state index contributed by atoms with van der Waals surface area (Å²) >= 11 is 0. The Morgan fingerprint density at radius 2 is 1.66 bits per heavy atom. The molecule has 2 aliphatic rings. The number of hydrogen-bond donors (Lipinski definition) is 1. The molecule has 2 aliphatic carbocycles. The first-order chi connectivity index (χ1) is 17.1. The van der Waals surface area contributed by atoms with Crippen LogP contribution in [0.15, 0.2) is 49.1 Å².